The molecule has 4 heteroatoms. The lowest BCUT2D eigenvalue weighted by Gasteiger charge is -2.24. The SMILES string of the molecule is CC1=C(Nc2ccccc2)CC(C)(C)CCC1=NCC(=O)O. The highest BCUT2D eigenvalue weighted by molar-refractivity contribution is 6.01. The van der Waals surface area contributed by atoms with Gasteiger partial charge in [0.25, 0.3) is 0 Å². The molecule has 0 atom stereocenters. The van der Waals surface area contributed by atoms with Gasteiger partial charge in [-0.15, -0.1) is 0 Å². The van der Waals surface area contributed by atoms with Gasteiger partial charge in [0.1, 0.15) is 6.54 Å². The summed E-state index contributed by atoms with van der Waals surface area (Å²) in [4.78, 5) is 15.1. The summed E-state index contributed by atoms with van der Waals surface area (Å²) < 4.78 is 0. The number of carboxylic acid groups (broad SMARTS) is 1. The number of benzene rings is 1. The minimum atomic E-state index is -0.888. The molecule has 4 nitrogen and oxygen atoms in total. The Bertz CT molecular complexity index is 601. The maximum atomic E-state index is 10.8. The van der Waals surface area contributed by atoms with Crippen LogP contribution in [0, 0.1) is 5.41 Å². The number of para-hydroxylation sites is 1. The highest BCUT2D eigenvalue weighted by atomic mass is 16.4. The first-order valence-electron chi connectivity index (χ1n) is 7.65. The molecular formula is C18H24N2O2. The fraction of sp³-hybridized carbons (Fsp3) is 0.444. The van der Waals surface area contributed by atoms with Gasteiger partial charge in [0.15, 0.2) is 0 Å². The van der Waals surface area contributed by atoms with Crippen LogP contribution in [-0.2, 0) is 4.79 Å². The Balaban J connectivity index is 2.32. The van der Waals surface area contributed by atoms with E-state index in [1.54, 1.807) is 0 Å². The molecule has 1 aromatic rings. The largest absolute Gasteiger partial charge is 0.480 e. The number of aliphatic carboxylic acids is 1. The van der Waals surface area contributed by atoms with Gasteiger partial charge in [0.2, 0.25) is 0 Å². The van der Waals surface area contributed by atoms with Gasteiger partial charge in [-0.25, -0.2) is 0 Å². The third kappa shape index (κ3) is 4.45. The number of carboxylic acids is 1. The number of nitrogens with one attached hydrogen (secondary N) is 1. The van der Waals surface area contributed by atoms with Crippen molar-refractivity contribution in [1.29, 1.82) is 0 Å². The molecule has 0 saturated carbocycles. The number of hydrogen-bond donors (Lipinski definition) is 2. The zero-order valence-electron chi connectivity index (χ0n) is 13.5. The van der Waals surface area contributed by atoms with Gasteiger partial charge >= 0.3 is 5.97 Å². The van der Waals surface area contributed by atoms with E-state index in [2.05, 4.69) is 24.2 Å². The van der Waals surface area contributed by atoms with Crippen LogP contribution in [0.5, 0.6) is 0 Å². The number of carbonyl (C=O) groups is 1. The summed E-state index contributed by atoms with van der Waals surface area (Å²) in [5, 5.41) is 12.4. The smallest absolute Gasteiger partial charge is 0.325 e. The number of anilines is 1. The first-order valence-corrected chi connectivity index (χ1v) is 7.65. The second kappa shape index (κ2) is 6.77. The van der Waals surface area contributed by atoms with Crippen molar-refractivity contribution in [3.05, 3.63) is 41.6 Å². The summed E-state index contributed by atoms with van der Waals surface area (Å²) in [6.07, 6.45) is 2.76. The average molecular weight is 300 g/mol. The molecule has 1 aliphatic carbocycles. The second-order valence-corrected chi connectivity index (χ2v) is 6.59. The van der Waals surface area contributed by atoms with Crippen molar-refractivity contribution < 1.29 is 9.90 Å². The van der Waals surface area contributed by atoms with E-state index < -0.39 is 5.97 Å². The summed E-state index contributed by atoms with van der Waals surface area (Å²) in [7, 11) is 0. The second-order valence-electron chi connectivity index (χ2n) is 6.59. The molecule has 0 fully saturated rings. The number of allylic oxidation sites excluding steroid dienone is 2. The van der Waals surface area contributed by atoms with Crippen LogP contribution in [-0.4, -0.2) is 23.3 Å². The predicted molar refractivity (Wildman–Crippen MR) is 90.3 cm³/mol. The molecule has 0 aliphatic heterocycles. The molecule has 2 rings (SSSR count). The first kappa shape index (κ1) is 16.3. The van der Waals surface area contributed by atoms with E-state index in [4.69, 9.17) is 5.11 Å². The number of nitrogens with zero attached hydrogens (tertiary/aromatic N) is 1. The summed E-state index contributed by atoms with van der Waals surface area (Å²) in [6.45, 7) is 6.36. The maximum absolute atomic E-state index is 10.8. The van der Waals surface area contributed by atoms with Gasteiger partial charge < -0.3 is 10.4 Å². The first-order chi connectivity index (χ1) is 10.4. The highest BCUT2D eigenvalue weighted by Gasteiger charge is 2.26. The van der Waals surface area contributed by atoms with E-state index in [9.17, 15) is 4.79 Å². The van der Waals surface area contributed by atoms with Crippen LogP contribution in [0.2, 0.25) is 0 Å². The molecule has 0 bridgehead atoms. The molecular weight excluding hydrogens is 276 g/mol. The highest BCUT2D eigenvalue weighted by Crippen LogP contribution is 2.36. The van der Waals surface area contributed by atoms with E-state index in [-0.39, 0.29) is 12.0 Å². The summed E-state index contributed by atoms with van der Waals surface area (Å²) in [6, 6.07) is 10.1. The Hall–Kier alpha value is -2.10. The lowest BCUT2D eigenvalue weighted by molar-refractivity contribution is -0.135. The standard InChI is InChI=1S/C18H24N2O2/c1-13-15(19-12-17(21)22)9-10-18(2,3)11-16(13)20-14-7-5-4-6-8-14/h4-8,20H,9-12H2,1-3H3,(H,21,22). The molecule has 2 N–H and O–H groups in total. The maximum Gasteiger partial charge on any atom is 0.325 e. The quantitative estimate of drug-likeness (QED) is 0.879. The van der Waals surface area contributed by atoms with Crippen molar-refractivity contribution in [2.45, 2.75) is 40.0 Å². The van der Waals surface area contributed by atoms with Gasteiger partial charge in [0.05, 0.1) is 0 Å². The molecule has 0 amide bonds. The normalized spacial score (nSPS) is 19.9. The van der Waals surface area contributed by atoms with Crippen molar-refractivity contribution in [1.82, 2.24) is 0 Å². The number of rotatable bonds is 4. The monoisotopic (exact) mass is 300 g/mol. The van der Waals surface area contributed by atoms with Crippen LogP contribution in [0.4, 0.5) is 5.69 Å². The molecule has 22 heavy (non-hydrogen) atoms. The molecule has 0 saturated heterocycles. The molecule has 0 radical (unpaired) electrons. The van der Waals surface area contributed by atoms with Gasteiger partial charge in [-0.3, -0.25) is 9.79 Å². The predicted octanol–water partition coefficient (Wildman–Crippen LogP) is 4.11. The Morgan fingerprint density at radius 3 is 2.64 bits per heavy atom. The summed E-state index contributed by atoms with van der Waals surface area (Å²) >= 11 is 0. The topological polar surface area (TPSA) is 61.7 Å². The van der Waals surface area contributed by atoms with Crippen LogP contribution in [0.25, 0.3) is 0 Å². The van der Waals surface area contributed by atoms with E-state index in [0.717, 1.165) is 41.9 Å². The van der Waals surface area contributed by atoms with Crippen LogP contribution in [0.15, 0.2) is 46.6 Å². The van der Waals surface area contributed by atoms with Crippen LogP contribution in [0.3, 0.4) is 0 Å². The van der Waals surface area contributed by atoms with Crippen molar-refractivity contribution in [3.8, 4) is 0 Å². The van der Waals surface area contributed by atoms with Gasteiger partial charge in [-0.05, 0) is 49.3 Å². The Kier molecular flexibility index (Phi) is 5.01. The minimum absolute atomic E-state index is 0.161. The van der Waals surface area contributed by atoms with Crippen LogP contribution >= 0.6 is 0 Å². The van der Waals surface area contributed by atoms with E-state index in [1.807, 2.05) is 37.3 Å². The number of aliphatic imine (C=N–C) groups is 1. The van der Waals surface area contributed by atoms with Gasteiger partial charge in [-0.2, -0.15) is 0 Å². The molecule has 0 heterocycles. The molecule has 0 spiro atoms. The lowest BCUT2D eigenvalue weighted by atomic mass is 9.84. The third-order valence-corrected chi connectivity index (χ3v) is 4.05. The van der Waals surface area contributed by atoms with Crippen molar-refractivity contribution in [2.24, 2.45) is 10.4 Å². The molecule has 0 aromatic heterocycles. The van der Waals surface area contributed by atoms with Gasteiger partial charge in [0, 0.05) is 17.1 Å². The van der Waals surface area contributed by atoms with Crippen molar-refractivity contribution >= 4 is 17.4 Å². The van der Waals surface area contributed by atoms with Crippen molar-refractivity contribution in [2.75, 3.05) is 11.9 Å². The molecule has 1 aromatic carbocycles. The Morgan fingerprint density at radius 1 is 1.32 bits per heavy atom. The fourth-order valence-corrected chi connectivity index (χ4v) is 2.71. The zero-order chi connectivity index (χ0) is 16.2. The summed E-state index contributed by atoms with van der Waals surface area (Å²) in [5.74, 6) is -0.888. The number of hydrogen-bond acceptors (Lipinski definition) is 3. The Morgan fingerprint density at radius 2 is 2.00 bits per heavy atom. The van der Waals surface area contributed by atoms with E-state index in [1.165, 1.54) is 0 Å². The van der Waals surface area contributed by atoms with Gasteiger partial charge in [-0.1, -0.05) is 32.0 Å². The zero-order valence-corrected chi connectivity index (χ0v) is 13.5. The van der Waals surface area contributed by atoms with E-state index in [0.29, 0.717) is 0 Å². The minimum Gasteiger partial charge on any atom is -0.480 e. The average Bonchev–Trinajstić information content (AvgIpc) is 2.56. The third-order valence-electron chi connectivity index (χ3n) is 4.05. The molecule has 118 valence electrons. The van der Waals surface area contributed by atoms with Crippen LogP contribution < -0.4 is 5.32 Å². The van der Waals surface area contributed by atoms with Crippen molar-refractivity contribution in [3.63, 3.8) is 0 Å². The Labute approximate surface area is 132 Å². The molecule has 0 unspecified atom stereocenters. The fourth-order valence-electron chi connectivity index (χ4n) is 2.71. The van der Waals surface area contributed by atoms with E-state index >= 15 is 0 Å². The molecule has 1 aliphatic rings. The lowest BCUT2D eigenvalue weighted by Crippen LogP contribution is -2.14. The summed E-state index contributed by atoms with van der Waals surface area (Å²) in [5.41, 5.74) is 4.34. The van der Waals surface area contributed by atoms with Crippen LogP contribution in [0.1, 0.15) is 40.0 Å².